The lowest BCUT2D eigenvalue weighted by Crippen LogP contribution is -2.16. The Morgan fingerprint density at radius 3 is 2.43 bits per heavy atom. The van der Waals surface area contributed by atoms with Crippen LogP contribution in [0.4, 0.5) is 4.79 Å². The van der Waals surface area contributed by atoms with Crippen molar-refractivity contribution in [3.63, 3.8) is 0 Å². The summed E-state index contributed by atoms with van der Waals surface area (Å²) in [6.45, 7) is 5.48. The lowest BCUT2D eigenvalue weighted by atomic mass is 9.98. The average Bonchev–Trinajstić information content (AvgIpc) is 2.74. The van der Waals surface area contributed by atoms with Crippen LogP contribution < -0.4 is 14.9 Å². The van der Waals surface area contributed by atoms with Gasteiger partial charge in [0.15, 0.2) is 0 Å². The fourth-order valence-electron chi connectivity index (χ4n) is 2.58. The molecule has 0 aliphatic heterocycles. The van der Waals surface area contributed by atoms with Gasteiger partial charge in [-0.15, -0.1) is 0 Å². The number of ether oxygens (including phenoxy) is 3. The van der Waals surface area contributed by atoms with Gasteiger partial charge in [0, 0.05) is 12.0 Å². The molecule has 0 aromatic heterocycles. The van der Waals surface area contributed by atoms with Crippen molar-refractivity contribution >= 4 is 12.3 Å². The molecule has 0 bridgehead atoms. The molecule has 0 radical (unpaired) electrons. The summed E-state index contributed by atoms with van der Waals surface area (Å²) in [7, 11) is 1.28. The van der Waals surface area contributed by atoms with E-state index in [1.165, 1.54) is 18.9 Å². The van der Waals surface area contributed by atoms with Gasteiger partial charge in [0.1, 0.15) is 11.5 Å². The summed E-state index contributed by atoms with van der Waals surface area (Å²) >= 11 is 0. The first-order chi connectivity index (χ1) is 13.7. The minimum absolute atomic E-state index is 0.470. The molecule has 0 saturated heterocycles. The molecule has 0 aliphatic rings. The molecule has 150 valence electrons. The maximum Gasteiger partial charge on any atom is 0.427 e. The number of nitrogens with zero attached hydrogens (tertiary/aromatic N) is 1. The molecular weight excluding hydrogens is 356 g/mol. The van der Waals surface area contributed by atoms with Crippen molar-refractivity contribution in [1.29, 1.82) is 0 Å². The zero-order chi connectivity index (χ0) is 20.2. The molecule has 28 heavy (non-hydrogen) atoms. The standard InChI is InChI=1S/C22H28N2O4/c1-4-17(2)19-11-6-8-13-21(19)28-15-9-14-27-20-12-7-5-10-18(20)16-23-24-22(25)26-3/h5-8,10-13,16-17H,4,9,14-15H2,1-3H3,(H,24,25). The second-order valence-electron chi connectivity index (χ2n) is 6.30. The number of para-hydroxylation sites is 2. The van der Waals surface area contributed by atoms with E-state index < -0.39 is 6.09 Å². The summed E-state index contributed by atoms with van der Waals surface area (Å²) in [5.74, 6) is 2.11. The SMILES string of the molecule is CCC(C)c1ccccc1OCCCOc1ccccc1C=NNC(=O)OC. The smallest absolute Gasteiger partial charge is 0.427 e. The number of amides is 1. The third-order valence-corrected chi connectivity index (χ3v) is 4.33. The Balaban J connectivity index is 1.82. The number of nitrogens with one attached hydrogen (secondary N) is 1. The predicted octanol–water partition coefficient (Wildman–Crippen LogP) is 4.74. The van der Waals surface area contributed by atoms with Crippen LogP contribution in [0.2, 0.25) is 0 Å². The normalized spacial score (nSPS) is 11.8. The lowest BCUT2D eigenvalue weighted by Gasteiger charge is -2.16. The van der Waals surface area contributed by atoms with Crippen LogP contribution in [-0.2, 0) is 4.74 Å². The summed E-state index contributed by atoms with van der Waals surface area (Å²) < 4.78 is 16.3. The Kier molecular flexibility index (Phi) is 8.85. The molecule has 2 aromatic carbocycles. The Bertz CT molecular complexity index is 777. The number of hydrogen-bond donors (Lipinski definition) is 1. The van der Waals surface area contributed by atoms with Crippen molar-refractivity contribution in [2.45, 2.75) is 32.6 Å². The van der Waals surface area contributed by atoms with E-state index in [1.807, 2.05) is 42.5 Å². The van der Waals surface area contributed by atoms with Gasteiger partial charge in [-0.1, -0.05) is 44.2 Å². The molecule has 1 amide bonds. The number of hydrogen-bond acceptors (Lipinski definition) is 5. The summed E-state index contributed by atoms with van der Waals surface area (Å²) in [6, 6.07) is 15.7. The van der Waals surface area contributed by atoms with Gasteiger partial charge in [0.05, 0.1) is 26.5 Å². The summed E-state index contributed by atoms with van der Waals surface area (Å²) in [4.78, 5) is 11.0. The van der Waals surface area contributed by atoms with Crippen molar-refractivity contribution < 1.29 is 19.0 Å². The second kappa shape index (κ2) is 11.6. The first kappa shape index (κ1) is 21.3. The number of benzene rings is 2. The summed E-state index contributed by atoms with van der Waals surface area (Å²) in [5.41, 5.74) is 4.26. The number of rotatable bonds is 10. The topological polar surface area (TPSA) is 69.2 Å². The third-order valence-electron chi connectivity index (χ3n) is 4.33. The van der Waals surface area contributed by atoms with Gasteiger partial charge in [-0.05, 0) is 36.1 Å². The zero-order valence-corrected chi connectivity index (χ0v) is 16.7. The second-order valence-corrected chi connectivity index (χ2v) is 6.30. The van der Waals surface area contributed by atoms with E-state index >= 15 is 0 Å². The summed E-state index contributed by atoms with van der Waals surface area (Å²) in [5, 5.41) is 3.84. The van der Waals surface area contributed by atoms with Gasteiger partial charge >= 0.3 is 6.09 Å². The molecule has 0 saturated carbocycles. The monoisotopic (exact) mass is 384 g/mol. The molecule has 0 aliphatic carbocycles. The van der Waals surface area contributed by atoms with Crippen molar-refractivity contribution in [2.75, 3.05) is 20.3 Å². The quantitative estimate of drug-likeness (QED) is 0.365. The number of carbonyl (C=O) groups excluding carboxylic acids is 1. The van der Waals surface area contributed by atoms with Crippen LogP contribution in [0.25, 0.3) is 0 Å². The van der Waals surface area contributed by atoms with E-state index in [2.05, 4.69) is 35.2 Å². The Morgan fingerprint density at radius 1 is 1.07 bits per heavy atom. The molecule has 6 nitrogen and oxygen atoms in total. The van der Waals surface area contributed by atoms with Crippen LogP contribution in [0.1, 0.15) is 43.7 Å². The van der Waals surface area contributed by atoms with E-state index in [1.54, 1.807) is 0 Å². The molecule has 6 heteroatoms. The maximum absolute atomic E-state index is 11.0. The number of hydrazone groups is 1. The van der Waals surface area contributed by atoms with Crippen LogP contribution in [0.15, 0.2) is 53.6 Å². The molecule has 1 atom stereocenters. The summed E-state index contributed by atoms with van der Waals surface area (Å²) in [6.07, 6.45) is 2.72. The molecule has 0 fully saturated rings. The fourth-order valence-corrected chi connectivity index (χ4v) is 2.58. The largest absolute Gasteiger partial charge is 0.493 e. The van der Waals surface area contributed by atoms with Crippen molar-refractivity contribution in [3.05, 3.63) is 59.7 Å². The van der Waals surface area contributed by atoms with Gasteiger partial charge in [-0.25, -0.2) is 10.2 Å². The zero-order valence-electron chi connectivity index (χ0n) is 16.7. The van der Waals surface area contributed by atoms with Gasteiger partial charge in [0.2, 0.25) is 0 Å². The van der Waals surface area contributed by atoms with Gasteiger partial charge in [-0.3, -0.25) is 0 Å². The minimum atomic E-state index is -0.621. The Morgan fingerprint density at radius 2 is 1.71 bits per heavy atom. The van der Waals surface area contributed by atoms with E-state index in [9.17, 15) is 4.79 Å². The number of carbonyl (C=O) groups is 1. The highest BCUT2D eigenvalue weighted by atomic mass is 16.5. The minimum Gasteiger partial charge on any atom is -0.493 e. The van der Waals surface area contributed by atoms with E-state index in [0.29, 0.717) is 24.9 Å². The van der Waals surface area contributed by atoms with Gasteiger partial charge in [0.25, 0.3) is 0 Å². The predicted molar refractivity (Wildman–Crippen MR) is 110 cm³/mol. The van der Waals surface area contributed by atoms with Crippen molar-refractivity contribution in [1.82, 2.24) is 5.43 Å². The number of methoxy groups -OCH3 is 1. The van der Waals surface area contributed by atoms with Crippen LogP contribution in [0, 0.1) is 0 Å². The van der Waals surface area contributed by atoms with Gasteiger partial charge in [-0.2, -0.15) is 5.10 Å². The van der Waals surface area contributed by atoms with Crippen LogP contribution in [-0.4, -0.2) is 32.6 Å². The average molecular weight is 384 g/mol. The Hall–Kier alpha value is -3.02. The van der Waals surface area contributed by atoms with Crippen molar-refractivity contribution in [3.8, 4) is 11.5 Å². The van der Waals surface area contributed by atoms with Crippen molar-refractivity contribution in [2.24, 2.45) is 5.10 Å². The first-order valence-corrected chi connectivity index (χ1v) is 9.46. The molecular formula is C22H28N2O4. The van der Waals surface area contributed by atoms with Crippen LogP contribution >= 0.6 is 0 Å². The van der Waals surface area contributed by atoms with Gasteiger partial charge < -0.3 is 14.2 Å². The molecule has 2 rings (SSSR count). The van der Waals surface area contributed by atoms with E-state index in [0.717, 1.165) is 24.2 Å². The highest BCUT2D eigenvalue weighted by Gasteiger charge is 2.09. The fraction of sp³-hybridized carbons (Fsp3) is 0.364. The first-order valence-electron chi connectivity index (χ1n) is 9.46. The molecule has 0 spiro atoms. The molecule has 1 unspecified atom stereocenters. The van der Waals surface area contributed by atoms with Crippen LogP contribution in [0.5, 0.6) is 11.5 Å². The maximum atomic E-state index is 11.0. The van der Waals surface area contributed by atoms with Crippen LogP contribution in [0.3, 0.4) is 0 Å². The highest BCUT2D eigenvalue weighted by Crippen LogP contribution is 2.28. The molecule has 0 heterocycles. The van der Waals surface area contributed by atoms with E-state index in [-0.39, 0.29) is 0 Å². The Labute approximate surface area is 166 Å². The third kappa shape index (κ3) is 6.61. The molecule has 2 aromatic rings. The highest BCUT2D eigenvalue weighted by molar-refractivity contribution is 5.84. The lowest BCUT2D eigenvalue weighted by molar-refractivity contribution is 0.171. The molecule has 1 N–H and O–H groups in total. The van der Waals surface area contributed by atoms with E-state index in [4.69, 9.17) is 9.47 Å².